The van der Waals surface area contributed by atoms with Crippen LogP contribution in [0.5, 0.6) is 0 Å². The number of nitrogen functional groups attached to an aromatic ring is 2. The topological polar surface area (TPSA) is 89.8 Å². The molecule has 0 saturated heterocycles. The number of benzene rings is 1. The normalized spacial score (nSPS) is 10.5. The van der Waals surface area contributed by atoms with Gasteiger partial charge in [-0.05, 0) is 17.7 Å². The molecule has 0 aliphatic heterocycles. The van der Waals surface area contributed by atoms with E-state index in [1.807, 2.05) is 12.1 Å². The Bertz CT molecular complexity index is 592. The van der Waals surface area contributed by atoms with Gasteiger partial charge in [0.2, 0.25) is 5.95 Å². The fraction of sp³-hybridized carbons (Fsp3) is 0.167. The molecule has 0 aliphatic rings. The summed E-state index contributed by atoms with van der Waals surface area (Å²) in [6, 6.07) is 3.66. The molecule has 5 nitrogen and oxygen atoms in total. The van der Waals surface area contributed by atoms with Gasteiger partial charge in [-0.15, -0.1) is 0 Å². The zero-order valence-electron chi connectivity index (χ0n) is 10.2. The standard InChI is InChI=1S/C12H13Cl2N5/c1-17-10-8(13)3-6(4-9(10)14)2-7-5-18-12(16)19-11(7)15/h3-5,17H,2H2,1H3,(H4,15,16,18,19). The molecule has 0 unspecified atom stereocenters. The Morgan fingerprint density at radius 2 is 1.84 bits per heavy atom. The Labute approximate surface area is 120 Å². The summed E-state index contributed by atoms with van der Waals surface area (Å²) in [5.74, 6) is 0.514. The van der Waals surface area contributed by atoms with E-state index >= 15 is 0 Å². The van der Waals surface area contributed by atoms with E-state index in [1.165, 1.54) is 0 Å². The molecule has 0 saturated carbocycles. The van der Waals surface area contributed by atoms with Gasteiger partial charge in [0.05, 0.1) is 15.7 Å². The molecule has 19 heavy (non-hydrogen) atoms. The molecule has 1 aromatic heterocycles. The van der Waals surface area contributed by atoms with Gasteiger partial charge in [-0.1, -0.05) is 23.2 Å². The second kappa shape index (κ2) is 5.50. The molecule has 2 rings (SSSR count). The highest BCUT2D eigenvalue weighted by Gasteiger charge is 2.09. The lowest BCUT2D eigenvalue weighted by atomic mass is 10.1. The zero-order valence-corrected chi connectivity index (χ0v) is 11.8. The minimum Gasteiger partial charge on any atom is -0.386 e. The lowest BCUT2D eigenvalue weighted by molar-refractivity contribution is 1.09. The van der Waals surface area contributed by atoms with Crippen LogP contribution >= 0.6 is 23.2 Å². The van der Waals surface area contributed by atoms with Crippen molar-refractivity contribution < 1.29 is 0 Å². The van der Waals surface area contributed by atoms with Crippen LogP contribution in [0.2, 0.25) is 10.0 Å². The first-order chi connectivity index (χ1) is 9.01. The fourth-order valence-corrected chi connectivity index (χ4v) is 2.48. The summed E-state index contributed by atoms with van der Waals surface area (Å²) in [6.07, 6.45) is 2.14. The summed E-state index contributed by atoms with van der Waals surface area (Å²) in [6.45, 7) is 0. The summed E-state index contributed by atoms with van der Waals surface area (Å²) in [4.78, 5) is 7.84. The molecule has 0 aliphatic carbocycles. The molecule has 0 bridgehead atoms. The van der Waals surface area contributed by atoms with Crippen LogP contribution in [-0.4, -0.2) is 17.0 Å². The smallest absolute Gasteiger partial charge is 0.221 e. The lowest BCUT2D eigenvalue weighted by Crippen LogP contribution is -2.04. The second-order valence-corrected chi connectivity index (χ2v) is 4.81. The number of nitrogens with zero attached hydrogens (tertiary/aromatic N) is 2. The van der Waals surface area contributed by atoms with Gasteiger partial charge in [0.25, 0.3) is 0 Å². The molecule has 0 amide bonds. The summed E-state index contributed by atoms with van der Waals surface area (Å²) in [7, 11) is 1.76. The van der Waals surface area contributed by atoms with Gasteiger partial charge in [-0.25, -0.2) is 4.98 Å². The summed E-state index contributed by atoms with van der Waals surface area (Å²) in [5.41, 5.74) is 13.7. The highest BCUT2D eigenvalue weighted by Crippen LogP contribution is 2.32. The van der Waals surface area contributed by atoms with Gasteiger partial charge in [-0.2, -0.15) is 4.98 Å². The minimum atomic E-state index is 0.155. The molecular weight excluding hydrogens is 285 g/mol. The third-order valence-corrected chi connectivity index (χ3v) is 3.26. The average molecular weight is 298 g/mol. The van der Waals surface area contributed by atoms with Gasteiger partial charge in [-0.3, -0.25) is 0 Å². The van der Waals surface area contributed by atoms with Crippen LogP contribution in [0.25, 0.3) is 0 Å². The summed E-state index contributed by atoms with van der Waals surface area (Å²) < 4.78 is 0. The maximum atomic E-state index is 6.14. The first-order valence-corrected chi connectivity index (χ1v) is 6.29. The van der Waals surface area contributed by atoms with Gasteiger partial charge in [0.1, 0.15) is 5.82 Å². The van der Waals surface area contributed by atoms with E-state index in [1.54, 1.807) is 13.2 Å². The minimum absolute atomic E-state index is 0.155. The van der Waals surface area contributed by atoms with Crippen molar-refractivity contribution in [1.29, 1.82) is 0 Å². The number of nitrogens with one attached hydrogen (secondary N) is 1. The second-order valence-electron chi connectivity index (χ2n) is 4.00. The number of aromatic nitrogens is 2. The van der Waals surface area contributed by atoms with Crippen LogP contribution < -0.4 is 16.8 Å². The summed E-state index contributed by atoms with van der Waals surface area (Å²) >= 11 is 12.3. The molecule has 7 heteroatoms. The van der Waals surface area contributed by atoms with Gasteiger partial charge in [0.15, 0.2) is 0 Å². The average Bonchev–Trinajstić information content (AvgIpc) is 2.32. The highest BCUT2D eigenvalue weighted by atomic mass is 35.5. The number of anilines is 3. The van der Waals surface area contributed by atoms with Crippen LogP contribution in [-0.2, 0) is 6.42 Å². The van der Waals surface area contributed by atoms with Gasteiger partial charge >= 0.3 is 0 Å². The van der Waals surface area contributed by atoms with E-state index in [9.17, 15) is 0 Å². The molecule has 2 aromatic rings. The van der Waals surface area contributed by atoms with Crippen molar-refractivity contribution in [3.8, 4) is 0 Å². The van der Waals surface area contributed by atoms with Crippen molar-refractivity contribution >= 4 is 40.7 Å². The first kappa shape index (κ1) is 13.7. The number of hydrogen-bond donors (Lipinski definition) is 3. The van der Waals surface area contributed by atoms with Crippen LogP contribution in [0.3, 0.4) is 0 Å². The largest absolute Gasteiger partial charge is 0.386 e. The number of nitrogens with two attached hydrogens (primary N) is 2. The predicted octanol–water partition coefficient (Wildman–Crippen LogP) is 2.58. The Balaban J connectivity index is 2.33. The highest BCUT2D eigenvalue weighted by molar-refractivity contribution is 6.39. The predicted molar refractivity (Wildman–Crippen MR) is 79.7 cm³/mol. The molecule has 100 valence electrons. The molecule has 1 aromatic carbocycles. The number of halogens is 2. The lowest BCUT2D eigenvalue weighted by Gasteiger charge is -2.10. The van der Waals surface area contributed by atoms with Crippen molar-refractivity contribution in [2.45, 2.75) is 6.42 Å². The van der Waals surface area contributed by atoms with Crippen molar-refractivity contribution in [1.82, 2.24) is 9.97 Å². The third-order valence-electron chi connectivity index (χ3n) is 2.66. The number of hydrogen-bond acceptors (Lipinski definition) is 5. The molecule has 0 atom stereocenters. The Hall–Kier alpha value is -1.72. The molecule has 0 radical (unpaired) electrons. The quantitative estimate of drug-likeness (QED) is 0.810. The third kappa shape index (κ3) is 3.00. The number of rotatable bonds is 3. The Kier molecular flexibility index (Phi) is 3.97. The van der Waals surface area contributed by atoms with Crippen molar-refractivity contribution in [3.05, 3.63) is 39.5 Å². The maximum absolute atomic E-state index is 6.14. The molecule has 0 spiro atoms. The summed E-state index contributed by atoms with van der Waals surface area (Å²) in [5, 5.41) is 4.05. The first-order valence-electron chi connectivity index (χ1n) is 5.53. The van der Waals surface area contributed by atoms with Crippen LogP contribution in [0.15, 0.2) is 18.3 Å². The van der Waals surface area contributed by atoms with Crippen LogP contribution in [0.1, 0.15) is 11.1 Å². The van der Waals surface area contributed by atoms with Gasteiger partial charge < -0.3 is 16.8 Å². The molecule has 0 fully saturated rings. The van der Waals surface area contributed by atoms with Crippen molar-refractivity contribution in [3.63, 3.8) is 0 Å². The van der Waals surface area contributed by atoms with E-state index in [0.717, 1.165) is 11.1 Å². The molecule has 1 heterocycles. The van der Waals surface area contributed by atoms with E-state index in [4.69, 9.17) is 34.7 Å². The van der Waals surface area contributed by atoms with Crippen molar-refractivity contribution in [2.75, 3.05) is 23.8 Å². The van der Waals surface area contributed by atoms with E-state index in [2.05, 4.69) is 15.3 Å². The van der Waals surface area contributed by atoms with E-state index < -0.39 is 0 Å². The molecular formula is C12H13Cl2N5. The Morgan fingerprint density at radius 3 is 2.37 bits per heavy atom. The van der Waals surface area contributed by atoms with Crippen LogP contribution in [0.4, 0.5) is 17.5 Å². The SMILES string of the molecule is CNc1c(Cl)cc(Cc2cnc(N)nc2N)cc1Cl. The van der Waals surface area contributed by atoms with Crippen molar-refractivity contribution in [2.24, 2.45) is 0 Å². The van der Waals surface area contributed by atoms with Gasteiger partial charge in [0, 0.05) is 25.2 Å². The Morgan fingerprint density at radius 1 is 1.21 bits per heavy atom. The molecule has 5 N–H and O–H groups in total. The van der Waals surface area contributed by atoms with E-state index in [0.29, 0.717) is 28.0 Å². The maximum Gasteiger partial charge on any atom is 0.221 e. The van der Waals surface area contributed by atoms with E-state index in [-0.39, 0.29) is 5.95 Å². The fourth-order valence-electron chi connectivity index (χ4n) is 1.76. The van der Waals surface area contributed by atoms with Crippen LogP contribution in [0, 0.1) is 0 Å². The zero-order chi connectivity index (χ0) is 14.0. The monoisotopic (exact) mass is 297 g/mol.